The molecule has 1 aliphatic carbocycles. The Morgan fingerprint density at radius 3 is 3.12 bits per heavy atom. The number of ether oxygens (including phenoxy) is 1. The summed E-state index contributed by atoms with van der Waals surface area (Å²) < 4.78 is 7.42. The van der Waals surface area contributed by atoms with Crippen LogP contribution in [0.4, 0.5) is 5.95 Å². The second-order valence-corrected chi connectivity index (χ2v) is 4.56. The largest absolute Gasteiger partial charge is 0.369 e. The highest BCUT2D eigenvalue weighted by Gasteiger charge is 2.51. The van der Waals surface area contributed by atoms with E-state index in [2.05, 4.69) is 15.0 Å². The van der Waals surface area contributed by atoms with E-state index < -0.39 is 0 Å². The number of hydrogen-bond donors (Lipinski definition) is 2. The number of imidazole rings is 1. The maximum atomic E-state index is 11.6. The zero-order valence-electron chi connectivity index (χ0n) is 8.96. The van der Waals surface area contributed by atoms with Gasteiger partial charge in [-0.3, -0.25) is 9.78 Å². The average molecular weight is 233 g/mol. The van der Waals surface area contributed by atoms with E-state index in [1.54, 1.807) is 6.33 Å². The van der Waals surface area contributed by atoms with Crippen LogP contribution in [-0.2, 0) is 4.74 Å². The number of aromatic amines is 1. The van der Waals surface area contributed by atoms with Crippen LogP contribution < -0.4 is 11.3 Å². The first kappa shape index (κ1) is 9.17. The van der Waals surface area contributed by atoms with Crippen LogP contribution in [-0.4, -0.2) is 31.7 Å². The number of nitrogens with zero attached hydrogens (tertiary/aromatic N) is 3. The lowest BCUT2D eigenvalue weighted by molar-refractivity contribution is 0.268. The van der Waals surface area contributed by atoms with E-state index in [-0.39, 0.29) is 23.7 Å². The van der Waals surface area contributed by atoms with Crippen LogP contribution in [0.1, 0.15) is 18.9 Å². The highest BCUT2D eigenvalue weighted by Crippen LogP contribution is 2.46. The van der Waals surface area contributed by atoms with Gasteiger partial charge in [0.1, 0.15) is 6.10 Å². The third-order valence-electron chi connectivity index (χ3n) is 3.56. The summed E-state index contributed by atoms with van der Waals surface area (Å²) in [5.74, 6) is 0.121. The van der Waals surface area contributed by atoms with Crippen LogP contribution in [0.2, 0.25) is 0 Å². The van der Waals surface area contributed by atoms with E-state index >= 15 is 0 Å². The van der Waals surface area contributed by atoms with Crippen molar-refractivity contribution in [2.75, 3.05) is 5.73 Å². The van der Waals surface area contributed by atoms with Gasteiger partial charge in [-0.05, 0) is 12.8 Å². The smallest absolute Gasteiger partial charge is 0.280 e. The molecule has 2 aromatic rings. The van der Waals surface area contributed by atoms with Gasteiger partial charge in [0.25, 0.3) is 5.56 Å². The first-order valence-electron chi connectivity index (χ1n) is 5.62. The van der Waals surface area contributed by atoms with E-state index in [0.29, 0.717) is 17.3 Å². The second-order valence-electron chi connectivity index (χ2n) is 4.56. The van der Waals surface area contributed by atoms with Crippen molar-refractivity contribution in [1.82, 2.24) is 19.5 Å². The molecule has 1 saturated carbocycles. The van der Waals surface area contributed by atoms with E-state index in [1.807, 2.05) is 4.57 Å². The zero-order valence-corrected chi connectivity index (χ0v) is 8.96. The van der Waals surface area contributed by atoms with Crippen molar-refractivity contribution in [3.8, 4) is 0 Å². The molecule has 1 aliphatic heterocycles. The third kappa shape index (κ3) is 1.17. The summed E-state index contributed by atoms with van der Waals surface area (Å²) in [6.07, 6.45) is 4.40. The lowest BCUT2D eigenvalue weighted by Crippen LogP contribution is -2.15. The van der Waals surface area contributed by atoms with E-state index in [9.17, 15) is 4.79 Å². The molecule has 2 aliphatic rings. The quantitative estimate of drug-likeness (QED) is 0.664. The van der Waals surface area contributed by atoms with Crippen molar-refractivity contribution in [1.29, 1.82) is 0 Å². The topological polar surface area (TPSA) is 102 Å². The molecular weight excluding hydrogens is 222 g/mol. The minimum atomic E-state index is -0.294. The Morgan fingerprint density at radius 2 is 2.41 bits per heavy atom. The first-order valence-corrected chi connectivity index (χ1v) is 5.62. The molecule has 17 heavy (non-hydrogen) atoms. The van der Waals surface area contributed by atoms with Gasteiger partial charge in [-0.15, -0.1) is 0 Å². The van der Waals surface area contributed by atoms with Crippen molar-refractivity contribution >= 4 is 17.1 Å². The molecule has 4 rings (SSSR count). The predicted molar refractivity (Wildman–Crippen MR) is 59.5 cm³/mol. The molecule has 0 spiro atoms. The average Bonchev–Trinajstić information content (AvgIpc) is 2.75. The molecule has 0 amide bonds. The van der Waals surface area contributed by atoms with Crippen molar-refractivity contribution < 1.29 is 4.74 Å². The van der Waals surface area contributed by atoms with Crippen LogP contribution in [0.5, 0.6) is 0 Å². The minimum Gasteiger partial charge on any atom is -0.369 e. The molecule has 0 unspecified atom stereocenters. The monoisotopic (exact) mass is 233 g/mol. The van der Waals surface area contributed by atoms with Gasteiger partial charge in [0.15, 0.2) is 11.2 Å². The molecular formula is C10H11N5O2. The maximum absolute atomic E-state index is 11.6. The minimum absolute atomic E-state index is 0.121. The van der Waals surface area contributed by atoms with Gasteiger partial charge in [-0.25, -0.2) is 4.98 Å². The number of aromatic nitrogens is 4. The van der Waals surface area contributed by atoms with E-state index in [1.165, 1.54) is 0 Å². The van der Waals surface area contributed by atoms with Crippen molar-refractivity contribution in [2.45, 2.75) is 31.1 Å². The SMILES string of the molecule is Nc1nc2c(ncn2[C@H]2CC[C@@H]3O[C@@H]32)c(=O)[nH]1. The lowest BCUT2D eigenvalue weighted by atomic mass is 10.2. The number of nitrogens with one attached hydrogen (secondary N) is 1. The summed E-state index contributed by atoms with van der Waals surface area (Å²) in [6, 6.07) is 0.235. The Labute approximate surface area is 95.6 Å². The summed E-state index contributed by atoms with van der Waals surface area (Å²) in [7, 11) is 0. The molecule has 1 saturated heterocycles. The molecule has 3 atom stereocenters. The Hall–Kier alpha value is -1.89. The summed E-state index contributed by atoms with van der Waals surface area (Å²) >= 11 is 0. The van der Waals surface area contributed by atoms with Crippen molar-refractivity contribution in [2.24, 2.45) is 0 Å². The number of epoxide rings is 1. The molecule has 3 N–H and O–H groups in total. The zero-order chi connectivity index (χ0) is 11.6. The van der Waals surface area contributed by atoms with E-state index in [0.717, 1.165) is 12.8 Å². The number of nitrogen functional groups attached to an aromatic ring is 1. The van der Waals surface area contributed by atoms with Crippen LogP contribution in [0.3, 0.4) is 0 Å². The summed E-state index contributed by atoms with van der Waals surface area (Å²) in [4.78, 5) is 22.3. The molecule has 2 fully saturated rings. The fraction of sp³-hybridized carbons (Fsp3) is 0.500. The second kappa shape index (κ2) is 2.86. The maximum Gasteiger partial charge on any atom is 0.280 e. The Bertz CT molecular complexity index is 660. The van der Waals surface area contributed by atoms with Crippen LogP contribution in [0, 0.1) is 0 Å². The fourth-order valence-electron chi connectivity index (χ4n) is 2.71. The van der Waals surface area contributed by atoms with Gasteiger partial charge in [-0.2, -0.15) is 4.98 Å². The fourth-order valence-corrected chi connectivity index (χ4v) is 2.71. The number of H-pyrrole nitrogens is 1. The molecule has 2 aromatic heterocycles. The molecule has 7 heteroatoms. The lowest BCUT2D eigenvalue weighted by Gasteiger charge is -2.12. The third-order valence-corrected chi connectivity index (χ3v) is 3.56. The highest BCUT2D eigenvalue weighted by atomic mass is 16.6. The molecule has 0 radical (unpaired) electrons. The summed E-state index contributed by atoms with van der Waals surface area (Å²) in [5.41, 5.74) is 6.15. The van der Waals surface area contributed by atoms with Crippen molar-refractivity contribution in [3.63, 3.8) is 0 Å². The van der Waals surface area contributed by atoms with Gasteiger partial charge in [0.2, 0.25) is 5.95 Å². The molecule has 0 aromatic carbocycles. The van der Waals surface area contributed by atoms with Crippen LogP contribution in [0.25, 0.3) is 11.2 Å². The number of rotatable bonds is 1. The summed E-state index contributed by atoms with van der Waals surface area (Å²) in [5, 5.41) is 0. The van der Waals surface area contributed by atoms with Gasteiger partial charge in [0, 0.05) is 0 Å². The van der Waals surface area contributed by atoms with Crippen molar-refractivity contribution in [3.05, 3.63) is 16.7 Å². The number of hydrogen-bond acceptors (Lipinski definition) is 5. The van der Waals surface area contributed by atoms with Gasteiger partial charge in [0.05, 0.1) is 18.5 Å². The Balaban J connectivity index is 1.93. The van der Waals surface area contributed by atoms with Gasteiger partial charge < -0.3 is 15.0 Å². The summed E-state index contributed by atoms with van der Waals surface area (Å²) in [6.45, 7) is 0. The number of anilines is 1. The molecule has 3 heterocycles. The van der Waals surface area contributed by atoms with Crippen LogP contribution in [0.15, 0.2) is 11.1 Å². The highest BCUT2D eigenvalue weighted by molar-refractivity contribution is 5.70. The first-order chi connectivity index (χ1) is 8.24. The molecule has 7 nitrogen and oxygen atoms in total. The normalized spacial score (nSPS) is 30.7. The van der Waals surface area contributed by atoms with Gasteiger partial charge >= 0.3 is 0 Å². The van der Waals surface area contributed by atoms with Gasteiger partial charge in [-0.1, -0.05) is 0 Å². The number of nitrogens with two attached hydrogens (primary N) is 1. The van der Waals surface area contributed by atoms with Crippen LogP contribution >= 0.6 is 0 Å². The Morgan fingerprint density at radius 1 is 1.53 bits per heavy atom. The Kier molecular flexibility index (Phi) is 1.54. The standard InChI is InChI=1S/C10H11N5O2/c11-10-13-8-6(9(16)14-10)12-3-15(8)4-1-2-5-7(4)17-5/h3-5,7H,1-2H2,(H3,11,13,14,16)/t4-,5-,7+/m0/s1. The molecule has 88 valence electrons. The van der Waals surface area contributed by atoms with E-state index in [4.69, 9.17) is 10.5 Å². The molecule has 0 bridgehead atoms. The predicted octanol–water partition coefficient (Wildman–Crippen LogP) is -0.196. The number of fused-ring (bicyclic) bond motifs is 2.